The number of amides is 1. The second-order valence-electron chi connectivity index (χ2n) is 8.11. The lowest BCUT2D eigenvalue weighted by Crippen LogP contribution is -2.61. The number of esters is 1. The Bertz CT molecular complexity index is 716. The van der Waals surface area contributed by atoms with Crippen molar-refractivity contribution in [3.05, 3.63) is 28.8 Å². The molecule has 1 saturated heterocycles. The fourth-order valence-electron chi connectivity index (χ4n) is 4.50. The molecule has 0 bridgehead atoms. The molecule has 1 amide bonds. The van der Waals surface area contributed by atoms with Crippen LogP contribution in [0.25, 0.3) is 0 Å². The number of quaternary nitrogens is 1. The Kier molecular flexibility index (Phi) is 5.11. The van der Waals surface area contributed by atoms with Crippen molar-refractivity contribution < 1.29 is 18.8 Å². The quantitative estimate of drug-likeness (QED) is 0.646. The van der Waals surface area contributed by atoms with Crippen molar-refractivity contribution in [2.45, 2.75) is 58.4 Å². The molecule has 3 rings (SSSR count). The Balaban J connectivity index is 1.89. The molecule has 0 radical (unpaired) electrons. The number of nitrogens with one attached hydrogen (secondary N) is 1. The number of rotatable bonds is 5. The highest BCUT2D eigenvalue weighted by Crippen LogP contribution is 2.48. The third-order valence-electron chi connectivity index (χ3n) is 6.20. The molecule has 5 nitrogen and oxygen atoms in total. The molecule has 0 unspecified atom stereocenters. The van der Waals surface area contributed by atoms with Crippen LogP contribution in [0.5, 0.6) is 0 Å². The molecule has 2 fully saturated rings. The summed E-state index contributed by atoms with van der Waals surface area (Å²) >= 11 is 0. The van der Waals surface area contributed by atoms with E-state index in [0.717, 1.165) is 41.5 Å². The fourth-order valence-corrected chi connectivity index (χ4v) is 4.50. The molecule has 26 heavy (non-hydrogen) atoms. The molecule has 1 N–H and O–H groups in total. The van der Waals surface area contributed by atoms with E-state index < -0.39 is 0 Å². The minimum absolute atomic E-state index is 0.0550. The number of likely N-dealkylation sites (tertiary alicyclic amines) is 1. The van der Waals surface area contributed by atoms with E-state index in [1.807, 2.05) is 19.9 Å². The summed E-state index contributed by atoms with van der Waals surface area (Å²) in [7, 11) is 2.22. The van der Waals surface area contributed by atoms with Gasteiger partial charge in [-0.25, -0.2) is 4.79 Å². The van der Waals surface area contributed by atoms with E-state index >= 15 is 0 Å². The lowest BCUT2D eigenvalue weighted by Gasteiger charge is -2.44. The van der Waals surface area contributed by atoms with Gasteiger partial charge in [-0.3, -0.25) is 4.79 Å². The molecule has 1 heterocycles. The first-order chi connectivity index (χ1) is 12.3. The summed E-state index contributed by atoms with van der Waals surface area (Å²) in [4.78, 5) is 25.7. The summed E-state index contributed by atoms with van der Waals surface area (Å²) < 4.78 is 6.04. The molecule has 1 saturated carbocycles. The first kappa shape index (κ1) is 18.9. The number of piperidine rings is 1. The standard InChI is InChI=1S/C21H30N2O3/c1-5-26-19(24)17-14-15(2)13-16(3)18(17)22-20(25)21(9-10-21)23(4)11-7-6-8-12-23/h13-14H,5-12H2,1-4H3/p+1. The predicted molar refractivity (Wildman–Crippen MR) is 102 cm³/mol. The van der Waals surface area contributed by atoms with Crippen molar-refractivity contribution in [1.29, 1.82) is 0 Å². The van der Waals surface area contributed by atoms with E-state index in [1.165, 1.54) is 19.3 Å². The Morgan fingerprint density at radius 1 is 1.15 bits per heavy atom. The molecule has 0 atom stereocenters. The average Bonchev–Trinajstić information content (AvgIpc) is 3.40. The number of hydrogen-bond donors (Lipinski definition) is 1. The Labute approximate surface area is 156 Å². The summed E-state index contributed by atoms with van der Waals surface area (Å²) in [5.74, 6) is -0.322. The summed E-state index contributed by atoms with van der Waals surface area (Å²) in [6.07, 6.45) is 5.48. The zero-order valence-electron chi connectivity index (χ0n) is 16.5. The smallest absolute Gasteiger partial charge is 0.340 e. The summed E-state index contributed by atoms with van der Waals surface area (Å²) in [6, 6.07) is 3.80. The molecule has 0 spiro atoms. The van der Waals surface area contributed by atoms with E-state index in [4.69, 9.17) is 4.74 Å². The molecular weight excluding hydrogens is 328 g/mol. The van der Waals surface area contributed by atoms with E-state index in [-0.39, 0.29) is 17.4 Å². The number of likely N-dealkylation sites (N-methyl/N-ethyl adjacent to an activating group) is 1. The Morgan fingerprint density at radius 3 is 2.38 bits per heavy atom. The van der Waals surface area contributed by atoms with E-state index in [2.05, 4.69) is 12.4 Å². The molecule has 1 aliphatic carbocycles. The maximum Gasteiger partial charge on any atom is 0.340 e. The molecule has 1 aliphatic heterocycles. The maximum atomic E-state index is 13.3. The summed E-state index contributed by atoms with van der Waals surface area (Å²) in [6.45, 7) is 8.11. The van der Waals surface area contributed by atoms with Crippen LogP contribution >= 0.6 is 0 Å². The van der Waals surface area contributed by atoms with Gasteiger partial charge in [0.15, 0.2) is 5.54 Å². The van der Waals surface area contributed by atoms with Gasteiger partial charge < -0.3 is 14.5 Å². The summed E-state index contributed by atoms with van der Waals surface area (Å²) in [5.41, 5.74) is 2.62. The highest BCUT2D eigenvalue weighted by Gasteiger charge is 2.64. The Hall–Kier alpha value is -1.88. The van der Waals surface area contributed by atoms with Crippen LogP contribution in [0.3, 0.4) is 0 Å². The van der Waals surface area contributed by atoms with Gasteiger partial charge >= 0.3 is 5.97 Å². The van der Waals surface area contributed by atoms with Crippen LogP contribution in [0.2, 0.25) is 0 Å². The van der Waals surface area contributed by atoms with Crippen LogP contribution in [-0.2, 0) is 9.53 Å². The minimum atomic E-state index is -0.377. The highest BCUT2D eigenvalue weighted by atomic mass is 16.5. The lowest BCUT2D eigenvalue weighted by molar-refractivity contribution is -0.938. The van der Waals surface area contributed by atoms with Crippen LogP contribution in [0, 0.1) is 13.8 Å². The lowest BCUT2D eigenvalue weighted by atomic mass is 10.0. The first-order valence-electron chi connectivity index (χ1n) is 9.77. The van der Waals surface area contributed by atoms with Gasteiger partial charge in [0.25, 0.3) is 5.91 Å². The normalized spacial score (nSPS) is 20.3. The Morgan fingerprint density at radius 2 is 1.81 bits per heavy atom. The monoisotopic (exact) mass is 359 g/mol. The number of anilines is 1. The van der Waals surface area contributed by atoms with Crippen molar-refractivity contribution in [3.63, 3.8) is 0 Å². The van der Waals surface area contributed by atoms with Crippen molar-refractivity contribution in [3.8, 4) is 0 Å². The van der Waals surface area contributed by atoms with E-state index in [9.17, 15) is 9.59 Å². The first-order valence-corrected chi connectivity index (χ1v) is 9.77. The molecule has 1 aromatic carbocycles. The predicted octanol–water partition coefficient (Wildman–Crippen LogP) is 3.58. The minimum Gasteiger partial charge on any atom is -0.462 e. The second-order valence-corrected chi connectivity index (χ2v) is 8.11. The molecule has 0 aromatic heterocycles. The van der Waals surface area contributed by atoms with Gasteiger partial charge in [-0.05, 0) is 57.2 Å². The average molecular weight is 359 g/mol. The molecular formula is C21H31N2O3+. The van der Waals surface area contributed by atoms with E-state index in [0.29, 0.717) is 17.9 Å². The second kappa shape index (κ2) is 7.03. The van der Waals surface area contributed by atoms with Gasteiger partial charge in [-0.1, -0.05) is 6.07 Å². The summed E-state index contributed by atoms with van der Waals surface area (Å²) in [5, 5.41) is 3.12. The fraction of sp³-hybridized carbons (Fsp3) is 0.619. The number of carbonyl (C=O) groups is 2. The van der Waals surface area contributed by atoms with Gasteiger partial charge in [0, 0.05) is 12.8 Å². The topological polar surface area (TPSA) is 55.4 Å². The van der Waals surface area contributed by atoms with Gasteiger partial charge in [-0.15, -0.1) is 0 Å². The van der Waals surface area contributed by atoms with Crippen molar-refractivity contribution in [1.82, 2.24) is 0 Å². The zero-order chi connectivity index (χ0) is 18.9. The largest absolute Gasteiger partial charge is 0.462 e. The van der Waals surface area contributed by atoms with Crippen LogP contribution in [0.1, 0.15) is 60.5 Å². The van der Waals surface area contributed by atoms with Gasteiger partial charge in [0.1, 0.15) is 0 Å². The van der Waals surface area contributed by atoms with E-state index in [1.54, 1.807) is 13.0 Å². The number of carbonyl (C=O) groups excluding carboxylic acids is 2. The number of benzene rings is 1. The van der Waals surface area contributed by atoms with Crippen LogP contribution in [0.15, 0.2) is 12.1 Å². The van der Waals surface area contributed by atoms with Crippen molar-refractivity contribution in [2.24, 2.45) is 0 Å². The molecule has 142 valence electrons. The van der Waals surface area contributed by atoms with Crippen molar-refractivity contribution in [2.75, 3.05) is 32.1 Å². The molecule has 2 aliphatic rings. The maximum absolute atomic E-state index is 13.3. The SMILES string of the molecule is CCOC(=O)c1cc(C)cc(C)c1NC(=O)C1([N+]2(C)CCCCC2)CC1. The number of nitrogens with zero attached hydrogens (tertiary/aromatic N) is 1. The number of ether oxygens (including phenoxy) is 1. The molecule has 5 heteroatoms. The van der Waals surface area contributed by atoms with Crippen molar-refractivity contribution >= 4 is 17.6 Å². The van der Waals surface area contributed by atoms with Gasteiger partial charge in [-0.2, -0.15) is 0 Å². The number of hydrogen-bond acceptors (Lipinski definition) is 3. The van der Waals surface area contributed by atoms with Crippen LogP contribution in [0.4, 0.5) is 5.69 Å². The third-order valence-corrected chi connectivity index (χ3v) is 6.20. The van der Waals surface area contributed by atoms with Crippen LogP contribution in [-0.4, -0.2) is 48.6 Å². The van der Waals surface area contributed by atoms with Gasteiger partial charge in [0.05, 0.1) is 38.0 Å². The highest BCUT2D eigenvalue weighted by molar-refractivity contribution is 6.05. The zero-order valence-corrected chi connectivity index (χ0v) is 16.5. The molecule has 1 aromatic rings. The van der Waals surface area contributed by atoms with Gasteiger partial charge in [0.2, 0.25) is 0 Å². The van der Waals surface area contributed by atoms with Crippen LogP contribution < -0.4 is 5.32 Å². The third kappa shape index (κ3) is 3.25. The number of aryl methyl sites for hydroxylation is 2.